The summed E-state index contributed by atoms with van der Waals surface area (Å²) in [5, 5.41) is 2.31. The maximum Gasteiger partial charge on any atom is 0.312 e. The van der Waals surface area contributed by atoms with E-state index >= 15 is 0 Å². The Bertz CT molecular complexity index is 891. The first-order chi connectivity index (χ1) is 13.1. The third-order valence-electron chi connectivity index (χ3n) is 4.15. The van der Waals surface area contributed by atoms with Crippen LogP contribution in [0.15, 0.2) is 59.1 Å². The van der Waals surface area contributed by atoms with Crippen molar-refractivity contribution in [2.24, 2.45) is 4.99 Å². The fourth-order valence-electron chi connectivity index (χ4n) is 2.95. The third kappa shape index (κ3) is 6.51. The second-order valence-corrected chi connectivity index (χ2v) is 9.35. The fourth-order valence-corrected chi connectivity index (χ4v) is 3.27. The Labute approximate surface area is 181 Å². The number of hydrogen-bond acceptors (Lipinski definition) is 3. The van der Waals surface area contributed by atoms with E-state index in [-0.39, 0.29) is 12.5 Å². The van der Waals surface area contributed by atoms with E-state index in [0.717, 1.165) is 21.9 Å². The molecule has 0 saturated heterocycles. The molecule has 0 unspecified atom stereocenters. The number of fused-ring (bicyclic) bond motifs is 1. The fraction of sp³-hybridized carbons (Fsp3) is 0.364. The monoisotopic (exact) mass is 439 g/mol. The summed E-state index contributed by atoms with van der Waals surface area (Å²) in [4.78, 5) is 17.0. The molecule has 0 heterocycles. The number of halogens is 3. The summed E-state index contributed by atoms with van der Waals surface area (Å²) in [7, 11) is 0. The number of hydrogen-bond donors (Lipinski definition) is 0. The molecule has 0 aliphatic heterocycles. The van der Waals surface area contributed by atoms with Crippen molar-refractivity contribution in [3.05, 3.63) is 59.7 Å². The van der Waals surface area contributed by atoms with Crippen LogP contribution in [0.2, 0.25) is 0 Å². The lowest BCUT2D eigenvalue weighted by Gasteiger charge is -2.22. The number of alkyl halides is 3. The summed E-state index contributed by atoms with van der Waals surface area (Å²) in [5.74, 6) is -0.486. The molecular weight excluding hydrogens is 417 g/mol. The van der Waals surface area contributed by atoms with Gasteiger partial charge < -0.3 is 4.74 Å². The zero-order valence-corrected chi connectivity index (χ0v) is 18.6. The number of aliphatic imine (C=N–C) groups is 1. The Morgan fingerprint density at radius 3 is 2.39 bits per heavy atom. The van der Waals surface area contributed by atoms with Gasteiger partial charge in [-0.1, -0.05) is 82.8 Å². The van der Waals surface area contributed by atoms with Gasteiger partial charge in [-0.15, -0.1) is 0 Å². The van der Waals surface area contributed by atoms with Gasteiger partial charge >= 0.3 is 5.97 Å². The number of benzene rings is 2. The molecule has 0 bridgehead atoms. The van der Waals surface area contributed by atoms with Crippen molar-refractivity contribution < 1.29 is 9.53 Å². The first-order valence-corrected chi connectivity index (χ1v) is 10.1. The van der Waals surface area contributed by atoms with Crippen LogP contribution in [-0.4, -0.2) is 21.6 Å². The third-order valence-corrected chi connectivity index (χ3v) is 4.80. The maximum absolute atomic E-state index is 12.3. The van der Waals surface area contributed by atoms with E-state index in [2.05, 4.69) is 29.3 Å². The van der Waals surface area contributed by atoms with Crippen LogP contribution in [0.3, 0.4) is 0 Å². The number of carbonyl (C=O) groups is 1. The highest BCUT2D eigenvalue weighted by Gasteiger charge is 2.34. The average Bonchev–Trinajstić information content (AvgIpc) is 2.59. The van der Waals surface area contributed by atoms with E-state index in [1.165, 1.54) is 0 Å². The molecule has 0 radical (unpaired) electrons. The maximum atomic E-state index is 12.3. The predicted octanol–water partition coefficient (Wildman–Crippen LogP) is 7.00. The molecule has 28 heavy (non-hydrogen) atoms. The highest BCUT2D eigenvalue weighted by molar-refractivity contribution is 6.68. The highest BCUT2D eigenvalue weighted by Crippen LogP contribution is 2.34. The van der Waals surface area contributed by atoms with Crippen molar-refractivity contribution in [1.29, 1.82) is 0 Å². The lowest BCUT2D eigenvalue weighted by atomic mass is 10.00. The lowest BCUT2D eigenvalue weighted by Crippen LogP contribution is -2.30. The van der Waals surface area contributed by atoms with Crippen LogP contribution >= 0.6 is 34.8 Å². The molecule has 2 aromatic rings. The summed E-state index contributed by atoms with van der Waals surface area (Å²) in [6.07, 6.45) is 0.706. The molecular formula is C22H24Cl3NO2. The Hall–Kier alpha value is -1.55. The molecule has 3 nitrogen and oxygen atoms in total. The van der Waals surface area contributed by atoms with Crippen LogP contribution in [0.5, 0.6) is 0 Å². The van der Waals surface area contributed by atoms with Crippen molar-refractivity contribution in [3.63, 3.8) is 0 Å². The van der Waals surface area contributed by atoms with Crippen LogP contribution in [0.1, 0.15) is 45.7 Å². The van der Waals surface area contributed by atoms with E-state index < -0.39 is 15.9 Å². The van der Waals surface area contributed by atoms with Gasteiger partial charge in [0.15, 0.2) is 6.10 Å². The second kappa shape index (κ2) is 9.78. The molecule has 0 aliphatic carbocycles. The zero-order chi connectivity index (χ0) is 20.9. The lowest BCUT2D eigenvalue weighted by molar-refractivity contribution is -0.145. The van der Waals surface area contributed by atoms with Crippen LogP contribution in [0.4, 0.5) is 0 Å². The molecule has 0 aromatic heterocycles. The van der Waals surface area contributed by atoms with E-state index in [1.54, 1.807) is 13.0 Å². The molecule has 6 heteroatoms. The van der Waals surface area contributed by atoms with E-state index in [4.69, 9.17) is 39.5 Å². The number of rotatable bonds is 6. The Balaban J connectivity index is 2.12. The predicted molar refractivity (Wildman–Crippen MR) is 120 cm³/mol. The summed E-state index contributed by atoms with van der Waals surface area (Å²) < 4.78 is 3.63. The number of esters is 1. The second-order valence-electron chi connectivity index (χ2n) is 6.98. The summed E-state index contributed by atoms with van der Waals surface area (Å²) in [6, 6.07) is 14.2. The van der Waals surface area contributed by atoms with Gasteiger partial charge in [0.25, 0.3) is 0 Å². The molecule has 2 rings (SSSR count). The minimum Gasteiger partial charge on any atom is -0.453 e. The highest BCUT2D eigenvalue weighted by atomic mass is 35.6. The van der Waals surface area contributed by atoms with Crippen LogP contribution in [0.25, 0.3) is 10.8 Å². The molecule has 150 valence electrons. The molecule has 0 amide bonds. The van der Waals surface area contributed by atoms with Gasteiger partial charge in [-0.3, -0.25) is 9.79 Å². The first kappa shape index (κ1) is 22.7. The zero-order valence-electron chi connectivity index (χ0n) is 16.4. The standard InChI is InChI=1S/C22H24Cl3NO2/c1-14(2)12-20(22(23,24)25)28-21(27)13-15(3)26-16(4)18-11-7-9-17-8-5-6-10-19(17)18/h5-12,16,20H,13H2,1-4H3/t16-,20-/m0/s1. The molecule has 0 saturated carbocycles. The SMILES string of the molecule is CC(C)=C[C@H](OC(=O)CC(C)=N[C@@H](C)c1cccc2ccccc12)C(Cl)(Cl)Cl. The van der Waals surface area contributed by atoms with Crippen LogP contribution in [0, 0.1) is 0 Å². The van der Waals surface area contributed by atoms with Crippen molar-refractivity contribution in [2.75, 3.05) is 0 Å². The normalized spacial score (nSPS) is 14.5. The van der Waals surface area contributed by atoms with E-state index in [0.29, 0.717) is 5.71 Å². The average molecular weight is 441 g/mol. The topological polar surface area (TPSA) is 38.7 Å². The quantitative estimate of drug-likeness (QED) is 0.210. The van der Waals surface area contributed by atoms with Crippen LogP contribution in [-0.2, 0) is 9.53 Å². The summed E-state index contributed by atoms with van der Waals surface area (Å²) >= 11 is 17.8. The molecule has 0 aliphatic rings. The Morgan fingerprint density at radius 1 is 1.11 bits per heavy atom. The van der Waals surface area contributed by atoms with Gasteiger partial charge in [0.05, 0.1) is 12.5 Å². The molecule has 0 fully saturated rings. The molecule has 2 atom stereocenters. The molecule has 0 N–H and O–H groups in total. The number of ether oxygens (including phenoxy) is 1. The first-order valence-electron chi connectivity index (χ1n) is 9.00. The summed E-state index contributed by atoms with van der Waals surface area (Å²) in [5.41, 5.74) is 2.65. The number of carbonyl (C=O) groups excluding carboxylic acids is 1. The van der Waals surface area contributed by atoms with Gasteiger partial charge in [0, 0.05) is 5.71 Å². The van der Waals surface area contributed by atoms with Crippen molar-refractivity contribution in [3.8, 4) is 0 Å². The van der Waals surface area contributed by atoms with Crippen molar-refractivity contribution >= 4 is 57.3 Å². The van der Waals surface area contributed by atoms with E-state index in [1.807, 2.05) is 39.0 Å². The van der Waals surface area contributed by atoms with Crippen LogP contribution < -0.4 is 0 Å². The molecule has 0 spiro atoms. The minimum atomic E-state index is -1.73. The Morgan fingerprint density at radius 2 is 1.75 bits per heavy atom. The minimum absolute atomic E-state index is 0.0307. The number of nitrogens with zero attached hydrogens (tertiary/aromatic N) is 1. The largest absolute Gasteiger partial charge is 0.453 e. The van der Waals surface area contributed by atoms with Crippen molar-refractivity contribution in [2.45, 2.75) is 50.1 Å². The van der Waals surface area contributed by atoms with Gasteiger partial charge in [0.2, 0.25) is 3.79 Å². The Kier molecular flexibility index (Phi) is 7.94. The van der Waals surface area contributed by atoms with Gasteiger partial charge in [-0.25, -0.2) is 0 Å². The van der Waals surface area contributed by atoms with E-state index in [9.17, 15) is 4.79 Å². The van der Waals surface area contributed by atoms with Gasteiger partial charge in [-0.05, 0) is 50.1 Å². The molecule has 2 aromatic carbocycles. The smallest absolute Gasteiger partial charge is 0.312 e. The van der Waals surface area contributed by atoms with Gasteiger partial charge in [-0.2, -0.15) is 0 Å². The van der Waals surface area contributed by atoms with Crippen molar-refractivity contribution in [1.82, 2.24) is 0 Å². The summed E-state index contributed by atoms with van der Waals surface area (Å²) in [6.45, 7) is 7.49. The van der Waals surface area contributed by atoms with Gasteiger partial charge in [0.1, 0.15) is 0 Å². The number of allylic oxidation sites excluding steroid dienone is 1.